The van der Waals surface area contributed by atoms with E-state index in [1.165, 1.54) is 6.20 Å². The summed E-state index contributed by atoms with van der Waals surface area (Å²) in [7, 11) is 0. The number of pyridine rings is 1. The topological polar surface area (TPSA) is 94.5 Å². The number of anilines is 1. The predicted molar refractivity (Wildman–Crippen MR) is 98.8 cm³/mol. The fraction of sp³-hybridized carbons (Fsp3) is 0.333. The fourth-order valence-electron chi connectivity index (χ4n) is 2.75. The lowest BCUT2D eigenvalue weighted by molar-refractivity contribution is 0.101. The van der Waals surface area contributed by atoms with Gasteiger partial charge in [0.15, 0.2) is 5.82 Å². The molecule has 0 aliphatic heterocycles. The van der Waals surface area contributed by atoms with Crippen molar-refractivity contribution in [1.82, 2.24) is 15.0 Å². The third-order valence-corrected chi connectivity index (χ3v) is 4.74. The summed E-state index contributed by atoms with van der Waals surface area (Å²) in [5, 5.41) is 11.7. The van der Waals surface area contributed by atoms with Crippen molar-refractivity contribution >= 4 is 33.1 Å². The van der Waals surface area contributed by atoms with Gasteiger partial charge in [0.1, 0.15) is 16.4 Å². The zero-order chi connectivity index (χ0) is 18.0. The zero-order valence-electron chi connectivity index (χ0n) is 14.1. The second kappa shape index (κ2) is 6.81. The molecule has 1 aliphatic rings. The standard InChI is InChI=1S/C18H18BrN5O/c1-18(2)7-5-11(6-8-18)15-13(3-4-14(19)24-15)23-17(25)16-21-10-12(9-20)22-16/h3-5,10H,6-8H2,1-2H3,(H,21,22)(H,23,25). The molecule has 0 spiro atoms. The van der Waals surface area contributed by atoms with Crippen LogP contribution >= 0.6 is 15.9 Å². The molecule has 6 nitrogen and oxygen atoms in total. The van der Waals surface area contributed by atoms with E-state index in [-0.39, 0.29) is 11.5 Å². The first kappa shape index (κ1) is 17.4. The van der Waals surface area contributed by atoms with Crippen LogP contribution in [0.25, 0.3) is 5.57 Å². The van der Waals surface area contributed by atoms with Crippen molar-refractivity contribution in [3.8, 4) is 6.07 Å². The Morgan fingerprint density at radius 2 is 2.24 bits per heavy atom. The molecule has 25 heavy (non-hydrogen) atoms. The maximum Gasteiger partial charge on any atom is 0.291 e. The number of H-pyrrole nitrogens is 1. The van der Waals surface area contributed by atoms with E-state index < -0.39 is 5.91 Å². The third kappa shape index (κ3) is 3.97. The summed E-state index contributed by atoms with van der Waals surface area (Å²) < 4.78 is 0.719. The van der Waals surface area contributed by atoms with Crippen LogP contribution in [-0.4, -0.2) is 20.9 Å². The van der Waals surface area contributed by atoms with Gasteiger partial charge in [-0.05, 0) is 58.3 Å². The van der Waals surface area contributed by atoms with Gasteiger partial charge in [0.05, 0.1) is 17.6 Å². The predicted octanol–water partition coefficient (Wildman–Crippen LogP) is 4.28. The van der Waals surface area contributed by atoms with Gasteiger partial charge in [0.2, 0.25) is 0 Å². The Kier molecular flexibility index (Phi) is 4.73. The lowest BCUT2D eigenvalue weighted by Gasteiger charge is -2.29. The van der Waals surface area contributed by atoms with Crippen LogP contribution in [0.2, 0.25) is 0 Å². The molecule has 0 unspecified atom stereocenters. The molecule has 0 fully saturated rings. The lowest BCUT2D eigenvalue weighted by Crippen LogP contribution is -2.17. The average molecular weight is 400 g/mol. The van der Waals surface area contributed by atoms with Gasteiger partial charge in [-0.3, -0.25) is 4.79 Å². The molecule has 0 saturated heterocycles. The summed E-state index contributed by atoms with van der Waals surface area (Å²) >= 11 is 3.40. The minimum Gasteiger partial charge on any atom is -0.326 e. The molecule has 128 valence electrons. The number of nitriles is 1. The highest BCUT2D eigenvalue weighted by Crippen LogP contribution is 2.39. The largest absolute Gasteiger partial charge is 0.326 e. The summed E-state index contributed by atoms with van der Waals surface area (Å²) in [6.07, 6.45) is 6.51. The first-order valence-corrected chi connectivity index (χ1v) is 8.80. The van der Waals surface area contributed by atoms with E-state index in [1.54, 1.807) is 6.07 Å². The van der Waals surface area contributed by atoms with Gasteiger partial charge >= 0.3 is 0 Å². The maximum absolute atomic E-state index is 12.4. The molecule has 3 rings (SSSR count). The highest BCUT2D eigenvalue weighted by atomic mass is 79.9. The number of aromatic amines is 1. The van der Waals surface area contributed by atoms with Crippen molar-refractivity contribution in [2.45, 2.75) is 33.1 Å². The van der Waals surface area contributed by atoms with Crippen LogP contribution in [-0.2, 0) is 0 Å². The fourth-order valence-corrected chi connectivity index (χ4v) is 3.06. The Hall–Kier alpha value is -2.46. The average Bonchev–Trinajstić information content (AvgIpc) is 3.06. The molecule has 0 atom stereocenters. The van der Waals surface area contributed by atoms with Gasteiger partial charge in [-0.1, -0.05) is 19.9 Å². The molecule has 0 aromatic carbocycles. The van der Waals surface area contributed by atoms with Crippen LogP contribution < -0.4 is 5.32 Å². The van der Waals surface area contributed by atoms with E-state index in [9.17, 15) is 4.79 Å². The Labute approximate surface area is 154 Å². The van der Waals surface area contributed by atoms with Crippen molar-refractivity contribution in [2.24, 2.45) is 5.41 Å². The van der Waals surface area contributed by atoms with Crippen molar-refractivity contribution in [1.29, 1.82) is 5.26 Å². The Bertz CT molecular complexity index is 891. The second-order valence-electron chi connectivity index (χ2n) is 6.84. The number of rotatable bonds is 3. The van der Waals surface area contributed by atoms with Crippen LogP contribution in [0.4, 0.5) is 5.69 Å². The first-order valence-electron chi connectivity index (χ1n) is 8.00. The smallest absolute Gasteiger partial charge is 0.291 e. The molecule has 0 saturated carbocycles. The minimum absolute atomic E-state index is 0.101. The molecule has 7 heteroatoms. The quantitative estimate of drug-likeness (QED) is 0.752. The van der Waals surface area contributed by atoms with Crippen LogP contribution in [0.15, 0.2) is 29.0 Å². The van der Waals surface area contributed by atoms with Gasteiger partial charge < -0.3 is 10.3 Å². The molecule has 1 amide bonds. The molecular weight excluding hydrogens is 382 g/mol. The van der Waals surface area contributed by atoms with E-state index >= 15 is 0 Å². The normalized spacial score (nSPS) is 16.0. The lowest BCUT2D eigenvalue weighted by atomic mass is 9.77. The summed E-state index contributed by atoms with van der Waals surface area (Å²) in [6.45, 7) is 4.50. The summed E-state index contributed by atoms with van der Waals surface area (Å²) in [6, 6.07) is 5.52. The van der Waals surface area contributed by atoms with Crippen molar-refractivity contribution in [3.05, 3.63) is 46.2 Å². The Morgan fingerprint density at radius 3 is 2.88 bits per heavy atom. The highest BCUT2D eigenvalue weighted by molar-refractivity contribution is 9.10. The number of halogens is 1. The van der Waals surface area contributed by atoms with Crippen LogP contribution in [0.5, 0.6) is 0 Å². The number of hydrogen-bond acceptors (Lipinski definition) is 4. The molecule has 2 heterocycles. The van der Waals surface area contributed by atoms with Crippen LogP contribution in [0, 0.1) is 16.7 Å². The number of allylic oxidation sites excluding steroid dienone is 2. The molecule has 0 bridgehead atoms. The van der Waals surface area contributed by atoms with Gasteiger partial charge in [0.25, 0.3) is 5.91 Å². The van der Waals surface area contributed by atoms with Gasteiger partial charge in [-0.25, -0.2) is 9.97 Å². The van der Waals surface area contributed by atoms with Crippen molar-refractivity contribution in [3.63, 3.8) is 0 Å². The molecule has 0 radical (unpaired) electrons. The number of aromatic nitrogens is 3. The SMILES string of the molecule is CC1(C)CC=C(c2nc(Br)ccc2NC(=O)c2ncc(C#N)[nH]2)CC1. The van der Waals surface area contributed by atoms with Gasteiger partial charge in [-0.15, -0.1) is 0 Å². The number of carbonyl (C=O) groups is 1. The molecule has 2 aromatic heterocycles. The maximum atomic E-state index is 12.4. The number of imidazole rings is 1. The van der Waals surface area contributed by atoms with Crippen LogP contribution in [0.3, 0.4) is 0 Å². The van der Waals surface area contributed by atoms with Gasteiger partial charge in [0, 0.05) is 0 Å². The Balaban J connectivity index is 1.88. The molecule has 1 aliphatic carbocycles. The Morgan fingerprint density at radius 1 is 1.44 bits per heavy atom. The first-order chi connectivity index (χ1) is 11.9. The summed E-state index contributed by atoms with van der Waals surface area (Å²) in [4.78, 5) is 23.6. The van der Waals surface area contributed by atoms with Crippen LogP contribution in [0.1, 0.15) is 55.1 Å². The highest BCUT2D eigenvalue weighted by Gasteiger charge is 2.24. The molecular formula is C18H18BrN5O. The monoisotopic (exact) mass is 399 g/mol. The van der Waals surface area contributed by atoms with E-state index in [4.69, 9.17) is 5.26 Å². The molecule has 2 N–H and O–H groups in total. The minimum atomic E-state index is -0.399. The second-order valence-corrected chi connectivity index (χ2v) is 7.65. The summed E-state index contributed by atoms with van der Waals surface area (Å²) in [5.74, 6) is -0.298. The number of nitrogens with one attached hydrogen (secondary N) is 2. The number of hydrogen-bond donors (Lipinski definition) is 2. The number of carbonyl (C=O) groups excluding carboxylic acids is 1. The van der Waals surface area contributed by atoms with Crippen molar-refractivity contribution < 1.29 is 4.79 Å². The molecule has 2 aromatic rings. The summed E-state index contributed by atoms with van der Waals surface area (Å²) in [5.41, 5.74) is 3.07. The van der Waals surface area contributed by atoms with E-state index in [0.29, 0.717) is 11.1 Å². The third-order valence-electron chi connectivity index (χ3n) is 4.30. The van der Waals surface area contributed by atoms with Crippen molar-refractivity contribution in [2.75, 3.05) is 5.32 Å². The van der Waals surface area contributed by atoms with E-state index in [2.05, 4.69) is 56.1 Å². The van der Waals surface area contributed by atoms with E-state index in [0.717, 1.165) is 35.1 Å². The van der Waals surface area contributed by atoms with Gasteiger partial charge in [-0.2, -0.15) is 5.26 Å². The number of nitrogens with zero attached hydrogens (tertiary/aromatic N) is 3. The zero-order valence-corrected chi connectivity index (χ0v) is 15.6. The number of amides is 1. The van der Waals surface area contributed by atoms with E-state index in [1.807, 2.05) is 12.1 Å².